The van der Waals surface area contributed by atoms with Crippen LogP contribution in [0.1, 0.15) is 83.2 Å². The maximum Gasteiger partial charge on any atom is 0.252 e. The Morgan fingerprint density at radius 1 is 0.492 bits per heavy atom. The molecule has 0 amide bonds. The lowest BCUT2D eigenvalue weighted by Gasteiger charge is -2.45. The van der Waals surface area contributed by atoms with Crippen LogP contribution in [0.4, 0.5) is 34.1 Å². The maximum absolute atomic E-state index is 6.66. The standard InChI is InChI=1S/C60H55BN2O2/c1-36-24-51-57-52(25-36)63(46-27-39(55-31-37-14-10-12-16-53(37)64-55)26-40(28-46)56-32-38-15-11-13-17-54(38)65-56)50-30-42-35-60(8,9)34-41(42)29-47(50)61(57)48-33-44(59(5,6)7)20-23-49(48)62(51)45-21-18-43(19-22-45)58(2,3)4/h10-33H,34-35H2,1-9H3. The Morgan fingerprint density at radius 3 is 1.58 bits per heavy atom. The first-order valence-electron chi connectivity index (χ1n) is 23.3. The zero-order valence-corrected chi connectivity index (χ0v) is 39.1. The molecule has 0 unspecified atom stereocenters. The number of hydrogen-bond donors (Lipinski definition) is 0. The van der Waals surface area contributed by atoms with E-state index in [1.807, 2.05) is 12.1 Å². The molecule has 2 aromatic heterocycles. The lowest BCUT2D eigenvalue weighted by Crippen LogP contribution is -2.61. The normalized spacial score (nSPS) is 15.1. The summed E-state index contributed by atoms with van der Waals surface area (Å²) in [5.41, 5.74) is 21.9. The van der Waals surface area contributed by atoms with Crippen LogP contribution in [0.15, 0.2) is 154 Å². The van der Waals surface area contributed by atoms with Crippen molar-refractivity contribution >= 4 is 79.2 Å². The molecule has 3 aliphatic rings. The first kappa shape index (κ1) is 39.8. The van der Waals surface area contributed by atoms with Crippen LogP contribution in [0.5, 0.6) is 0 Å². The number of benzene rings is 7. The zero-order chi connectivity index (χ0) is 44.7. The van der Waals surface area contributed by atoms with E-state index in [1.54, 1.807) is 0 Å². The Bertz CT molecular complexity index is 3250. The Morgan fingerprint density at radius 2 is 1.02 bits per heavy atom. The predicted octanol–water partition coefficient (Wildman–Crippen LogP) is 14.6. The van der Waals surface area contributed by atoms with E-state index in [0.717, 1.165) is 63.1 Å². The van der Waals surface area contributed by atoms with Crippen molar-refractivity contribution in [3.63, 3.8) is 0 Å². The van der Waals surface area contributed by atoms with Gasteiger partial charge in [-0.2, -0.15) is 0 Å². The van der Waals surface area contributed by atoms with Crippen LogP contribution in [-0.4, -0.2) is 6.71 Å². The van der Waals surface area contributed by atoms with Crippen molar-refractivity contribution in [3.8, 4) is 22.6 Å². The molecule has 1 aliphatic carbocycles. The minimum atomic E-state index is -0.0275. The van der Waals surface area contributed by atoms with Gasteiger partial charge in [0, 0.05) is 56.0 Å². The van der Waals surface area contributed by atoms with Crippen molar-refractivity contribution in [1.82, 2.24) is 0 Å². The summed E-state index contributed by atoms with van der Waals surface area (Å²) in [5, 5.41) is 2.17. The summed E-state index contributed by atoms with van der Waals surface area (Å²) in [7, 11) is 0. The highest BCUT2D eigenvalue weighted by Crippen LogP contribution is 2.49. The fraction of sp³-hybridized carbons (Fsp3) is 0.233. The zero-order valence-electron chi connectivity index (χ0n) is 39.1. The third-order valence-corrected chi connectivity index (χ3v) is 14.3. The summed E-state index contributed by atoms with van der Waals surface area (Å²) in [6, 6.07) is 54.4. The van der Waals surface area contributed by atoms with Crippen molar-refractivity contribution in [2.75, 3.05) is 9.80 Å². The molecule has 0 radical (unpaired) electrons. The van der Waals surface area contributed by atoms with E-state index < -0.39 is 0 Å². The number of rotatable bonds is 4. The molecule has 0 N–H and O–H groups in total. The van der Waals surface area contributed by atoms with E-state index in [-0.39, 0.29) is 23.0 Å². The predicted molar refractivity (Wildman–Crippen MR) is 274 cm³/mol. The van der Waals surface area contributed by atoms with Gasteiger partial charge in [0.15, 0.2) is 0 Å². The second-order valence-corrected chi connectivity index (χ2v) is 21.9. The molecular weight excluding hydrogens is 791 g/mol. The van der Waals surface area contributed by atoms with Crippen LogP contribution < -0.4 is 26.2 Å². The largest absolute Gasteiger partial charge is 0.456 e. The van der Waals surface area contributed by atoms with Gasteiger partial charge in [-0.3, -0.25) is 0 Å². The van der Waals surface area contributed by atoms with Gasteiger partial charge in [-0.05, 0) is 159 Å². The molecule has 0 spiro atoms. The second-order valence-electron chi connectivity index (χ2n) is 21.9. The van der Waals surface area contributed by atoms with E-state index in [0.29, 0.717) is 0 Å². The lowest BCUT2D eigenvalue weighted by molar-refractivity contribution is 0.392. The highest BCUT2D eigenvalue weighted by atomic mass is 16.3. The summed E-state index contributed by atoms with van der Waals surface area (Å²) in [4.78, 5) is 5.11. The van der Waals surface area contributed by atoms with Gasteiger partial charge in [-0.15, -0.1) is 0 Å². The maximum atomic E-state index is 6.66. The number of fused-ring (bicyclic) bond motifs is 7. The Kier molecular flexibility index (Phi) is 8.52. The summed E-state index contributed by atoms with van der Waals surface area (Å²) >= 11 is 0. The molecule has 0 saturated carbocycles. The molecule has 7 aromatic carbocycles. The Labute approximate surface area is 383 Å². The molecule has 0 saturated heterocycles. The second kappa shape index (κ2) is 13.9. The van der Waals surface area contributed by atoms with Gasteiger partial charge < -0.3 is 18.6 Å². The number of aryl methyl sites for hydroxylation is 1. The minimum Gasteiger partial charge on any atom is -0.456 e. The first-order chi connectivity index (χ1) is 31.1. The van der Waals surface area contributed by atoms with Crippen LogP contribution in [0.25, 0.3) is 44.6 Å². The molecule has 0 fully saturated rings. The summed E-state index contributed by atoms with van der Waals surface area (Å²) in [6.07, 6.45) is 2.11. The SMILES string of the molecule is Cc1cc2c3c(c1)N(c1cc(-c4cc5ccccc5o4)cc(-c4cc5ccccc5o4)c1)c1cc4c(cc1B3c1cc(C(C)(C)C)ccc1N2c1ccc(C(C)(C)C)cc1)CC(C)(C)C4. The van der Waals surface area contributed by atoms with E-state index in [1.165, 1.54) is 72.6 Å². The third kappa shape index (κ3) is 6.49. The molecule has 4 nitrogen and oxygen atoms in total. The van der Waals surface area contributed by atoms with Crippen molar-refractivity contribution in [2.45, 2.75) is 86.0 Å². The number of furan rings is 2. The number of nitrogens with zero attached hydrogens (tertiary/aromatic N) is 2. The van der Waals surface area contributed by atoms with Gasteiger partial charge in [0.2, 0.25) is 0 Å². The Hall–Kier alpha value is -6.72. The molecule has 5 heteroatoms. The van der Waals surface area contributed by atoms with Crippen molar-refractivity contribution in [1.29, 1.82) is 0 Å². The minimum absolute atomic E-state index is 0.0247. The monoisotopic (exact) mass is 846 g/mol. The third-order valence-electron chi connectivity index (χ3n) is 14.3. The van der Waals surface area contributed by atoms with Gasteiger partial charge in [0.25, 0.3) is 6.71 Å². The molecule has 65 heavy (non-hydrogen) atoms. The van der Waals surface area contributed by atoms with Gasteiger partial charge in [0.05, 0.1) is 0 Å². The molecule has 12 rings (SSSR count). The highest BCUT2D eigenvalue weighted by Gasteiger charge is 2.45. The quantitative estimate of drug-likeness (QED) is 0.165. The van der Waals surface area contributed by atoms with E-state index in [2.05, 4.69) is 206 Å². The molecule has 0 bridgehead atoms. The van der Waals surface area contributed by atoms with Crippen LogP contribution in [0.3, 0.4) is 0 Å². The molecular formula is C60H55BN2O2. The lowest BCUT2D eigenvalue weighted by atomic mass is 9.33. The molecule has 9 aromatic rings. The number of anilines is 6. The molecule has 0 atom stereocenters. The van der Waals surface area contributed by atoms with Gasteiger partial charge >= 0.3 is 0 Å². The number of para-hydroxylation sites is 2. The molecule has 2 aliphatic heterocycles. The van der Waals surface area contributed by atoms with Crippen LogP contribution in [0, 0.1) is 12.3 Å². The molecule has 320 valence electrons. The van der Waals surface area contributed by atoms with Crippen LogP contribution in [-0.2, 0) is 23.7 Å². The van der Waals surface area contributed by atoms with E-state index >= 15 is 0 Å². The van der Waals surface area contributed by atoms with Crippen molar-refractivity contribution in [3.05, 3.63) is 173 Å². The average Bonchev–Trinajstić information content (AvgIpc) is 3.99. The smallest absolute Gasteiger partial charge is 0.252 e. The number of hydrogen-bond acceptors (Lipinski definition) is 4. The Balaban J connectivity index is 1.16. The first-order valence-corrected chi connectivity index (χ1v) is 23.3. The van der Waals surface area contributed by atoms with Crippen molar-refractivity contribution in [2.24, 2.45) is 5.41 Å². The topological polar surface area (TPSA) is 32.8 Å². The fourth-order valence-corrected chi connectivity index (χ4v) is 11.1. The summed E-state index contributed by atoms with van der Waals surface area (Å²) < 4.78 is 13.3. The summed E-state index contributed by atoms with van der Waals surface area (Å²) in [5.74, 6) is 1.66. The highest BCUT2D eigenvalue weighted by molar-refractivity contribution is 7.00. The summed E-state index contributed by atoms with van der Waals surface area (Å²) in [6.45, 7) is 21.0. The van der Waals surface area contributed by atoms with E-state index in [4.69, 9.17) is 8.83 Å². The van der Waals surface area contributed by atoms with E-state index in [9.17, 15) is 0 Å². The van der Waals surface area contributed by atoms with Gasteiger partial charge in [-0.25, -0.2) is 0 Å². The van der Waals surface area contributed by atoms with Crippen LogP contribution in [0.2, 0.25) is 0 Å². The van der Waals surface area contributed by atoms with Crippen LogP contribution >= 0.6 is 0 Å². The van der Waals surface area contributed by atoms with Gasteiger partial charge in [0.1, 0.15) is 22.7 Å². The molecule has 4 heterocycles. The average molecular weight is 847 g/mol. The van der Waals surface area contributed by atoms with Crippen molar-refractivity contribution < 1.29 is 8.83 Å². The fourth-order valence-electron chi connectivity index (χ4n) is 11.1. The van der Waals surface area contributed by atoms with Gasteiger partial charge in [-0.1, -0.05) is 122 Å².